The molecule has 8 heteroatoms. The first-order valence-electron chi connectivity index (χ1n) is 7.50. The predicted octanol–water partition coefficient (Wildman–Crippen LogP) is 2.42. The standard InChI is InChI=1S/C17H16FN3O4/c18-14-7-6-13(11-15(14)21(24)25)20-16(22)8-9-19-17(23)10-12-4-2-1-3-5-12/h1-7,11H,8-10H2,(H,19,23)(H,20,22). The van der Waals surface area contributed by atoms with E-state index in [9.17, 15) is 24.1 Å². The number of rotatable bonds is 7. The van der Waals surface area contributed by atoms with Crippen LogP contribution in [0, 0.1) is 15.9 Å². The number of nitro benzene ring substituents is 1. The summed E-state index contributed by atoms with van der Waals surface area (Å²) in [5.41, 5.74) is 0.269. The number of amides is 2. The molecule has 0 spiro atoms. The molecule has 0 fully saturated rings. The molecule has 0 aliphatic heterocycles. The van der Waals surface area contributed by atoms with Gasteiger partial charge >= 0.3 is 5.69 Å². The Balaban J connectivity index is 1.78. The molecule has 0 radical (unpaired) electrons. The summed E-state index contributed by atoms with van der Waals surface area (Å²) in [5, 5.41) is 15.7. The van der Waals surface area contributed by atoms with Crippen molar-refractivity contribution in [1.29, 1.82) is 0 Å². The van der Waals surface area contributed by atoms with Crippen LogP contribution in [0.3, 0.4) is 0 Å². The van der Waals surface area contributed by atoms with Gasteiger partial charge in [-0.2, -0.15) is 4.39 Å². The van der Waals surface area contributed by atoms with Crippen LogP contribution >= 0.6 is 0 Å². The summed E-state index contributed by atoms with van der Waals surface area (Å²) in [5.74, 6) is -1.63. The fraction of sp³-hybridized carbons (Fsp3) is 0.176. The molecule has 0 saturated heterocycles. The highest BCUT2D eigenvalue weighted by molar-refractivity contribution is 5.91. The Hall–Kier alpha value is -3.29. The topological polar surface area (TPSA) is 101 Å². The van der Waals surface area contributed by atoms with Crippen LogP contribution in [0.2, 0.25) is 0 Å². The number of carbonyl (C=O) groups excluding carboxylic acids is 2. The van der Waals surface area contributed by atoms with Crippen molar-refractivity contribution in [2.75, 3.05) is 11.9 Å². The first kappa shape index (κ1) is 18.1. The van der Waals surface area contributed by atoms with Crippen LogP contribution in [0.4, 0.5) is 15.8 Å². The van der Waals surface area contributed by atoms with Gasteiger partial charge in [0.1, 0.15) is 0 Å². The van der Waals surface area contributed by atoms with Crippen molar-refractivity contribution in [3.63, 3.8) is 0 Å². The molecule has 0 aliphatic carbocycles. The van der Waals surface area contributed by atoms with Crippen LogP contribution in [-0.2, 0) is 16.0 Å². The van der Waals surface area contributed by atoms with Gasteiger partial charge in [0.25, 0.3) is 0 Å². The van der Waals surface area contributed by atoms with Gasteiger partial charge in [-0.05, 0) is 17.7 Å². The van der Waals surface area contributed by atoms with Crippen molar-refractivity contribution in [2.24, 2.45) is 0 Å². The number of anilines is 1. The molecule has 2 amide bonds. The normalized spacial score (nSPS) is 10.1. The fourth-order valence-corrected chi connectivity index (χ4v) is 2.11. The number of halogens is 1. The third-order valence-electron chi connectivity index (χ3n) is 3.31. The highest BCUT2D eigenvalue weighted by atomic mass is 19.1. The van der Waals surface area contributed by atoms with Gasteiger partial charge in [0.15, 0.2) is 0 Å². The summed E-state index contributed by atoms with van der Waals surface area (Å²) in [7, 11) is 0. The molecule has 2 aromatic rings. The van der Waals surface area contributed by atoms with Gasteiger partial charge in [0, 0.05) is 24.7 Å². The lowest BCUT2D eigenvalue weighted by atomic mass is 10.1. The van der Waals surface area contributed by atoms with E-state index in [4.69, 9.17) is 0 Å². The Bertz CT molecular complexity index is 781. The van der Waals surface area contributed by atoms with Crippen molar-refractivity contribution in [2.45, 2.75) is 12.8 Å². The summed E-state index contributed by atoms with van der Waals surface area (Å²) in [6.45, 7) is 0.126. The first-order chi connectivity index (χ1) is 12.0. The van der Waals surface area contributed by atoms with Crippen LogP contribution < -0.4 is 10.6 Å². The minimum absolute atomic E-state index is 0.00823. The van der Waals surface area contributed by atoms with Crippen LogP contribution in [0.15, 0.2) is 48.5 Å². The van der Waals surface area contributed by atoms with Crippen molar-refractivity contribution >= 4 is 23.2 Å². The molecule has 0 aromatic heterocycles. The molecule has 2 rings (SSSR count). The summed E-state index contributed by atoms with van der Waals surface area (Å²) < 4.78 is 13.2. The van der Waals surface area contributed by atoms with Gasteiger partial charge in [-0.25, -0.2) is 0 Å². The minimum Gasteiger partial charge on any atom is -0.355 e. The first-order valence-corrected chi connectivity index (χ1v) is 7.50. The van der Waals surface area contributed by atoms with E-state index in [0.29, 0.717) is 0 Å². The largest absolute Gasteiger partial charge is 0.355 e. The van der Waals surface area contributed by atoms with E-state index in [1.54, 1.807) is 0 Å². The van der Waals surface area contributed by atoms with E-state index in [1.165, 1.54) is 6.07 Å². The highest BCUT2D eigenvalue weighted by Crippen LogP contribution is 2.21. The number of nitro groups is 1. The van der Waals surface area contributed by atoms with Crippen molar-refractivity contribution in [1.82, 2.24) is 5.32 Å². The van der Waals surface area contributed by atoms with E-state index in [2.05, 4.69) is 10.6 Å². The van der Waals surface area contributed by atoms with Gasteiger partial charge in [0.2, 0.25) is 17.6 Å². The molecular weight excluding hydrogens is 329 g/mol. The lowest BCUT2D eigenvalue weighted by Gasteiger charge is -2.07. The molecule has 0 atom stereocenters. The average Bonchev–Trinajstić information content (AvgIpc) is 2.57. The Morgan fingerprint density at radius 3 is 2.48 bits per heavy atom. The second-order valence-corrected chi connectivity index (χ2v) is 5.23. The summed E-state index contributed by atoms with van der Waals surface area (Å²) in [6.07, 6.45) is 0.207. The van der Waals surface area contributed by atoms with Crippen LogP contribution in [0.1, 0.15) is 12.0 Å². The summed E-state index contributed by atoms with van der Waals surface area (Å²) >= 11 is 0. The SMILES string of the molecule is O=C(Cc1ccccc1)NCCC(=O)Nc1ccc(F)c([N+](=O)[O-])c1. The Kier molecular flexibility index (Phi) is 6.16. The molecule has 25 heavy (non-hydrogen) atoms. The van der Waals surface area contributed by atoms with Gasteiger partial charge in [-0.15, -0.1) is 0 Å². The maximum absolute atomic E-state index is 13.2. The number of nitrogens with one attached hydrogen (secondary N) is 2. The monoisotopic (exact) mass is 345 g/mol. The van der Waals surface area contributed by atoms with Gasteiger partial charge in [-0.3, -0.25) is 19.7 Å². The lowest BCUT2D eigenvalue weighted by Crippen LogP contribution is -2.28. The van der Waals surface area contributed by atoms with E-state index in [1.807, 2.05) is 30.3 Å². The van der Waals surface area contributed by atoms with Crippen molar-refractivity contribution in [3.05, 3.63) is 70.0 Å². The van der Waals surface area contributed by atoms with Crippen LogP contribution in [0.5, 0.6) is 0 Å². The van der Waals surface area contributed by atoms with E-state index in [-0.39, 0.29) is 31.0 Å². The molecule has 2 aromatic carbocycles. The molecule has 130 valence electrons. The summed E-state index contributed by atoms with van der Waals surface area (Å²) in [6, 6.07) is 12.3. The van der Waals surface area contributed by atoms with Crippen molar-refractivity contribution in [3.8, 4) is 0 Å². The minimum atomic E-state index is -0.976. The number of hydrogen-bond acceptors (Lipinski definition) is 4. The van der Waals surface area contributed by atoms with E-state index < -0.39 is 22.3 Å². The van der Waals surface area contributed by atoms with Crippen LogP contribution in [-0.4, -0.2) is 23.3 Å². The number of benzene rings is 2. The van der Waals surface area contributed by atoms with E-state index in [0.717, 1.165) is 17.7 Å². The number of hydrogen-bond donors (Lipinski definition) is 2. The van der Waals surface area contributed by atoms with Gasteiger partial charge in [-0.1, -0.05) is 30.3 Å². The maximum atomic E-state index is 13.2. The molecule has 0 unspecified atom stereocenters. The zero-order chi connectivity index (χ0) is 18.2. The quantitative estimate of drug-likeness (QED) is 0.594. The van der Waals surface area contributed by atoms with Crippen molar-refractivity contribution < 1.29 is 18.9 Å². The van der Waals surface area contributed by atoms with Gasteiger partial charge in [0.05, 0.1) is 11.3 Å². The Morgan fingerprint density at radius 1 is 1.08 bits per heavy atom. The van der Waals surface area contributed by atoms with Crippen LogP contribution in [0.25, 0.3) is 0 Å². The fourth-order valence-electron chi connectivity index (χ4n) is 2.11. The lowest BCUT2D eigenvalue weighted by molar-refractivity contribution is -0.387. The second-order valence-electron chi connectivity index (χ2n) is 5.23. The summed E-state index contributed by atoms with van der Waals surface area (Å²) in [4.78, 5) is 33.3. The average molecular weight is 345 g/mol. The van der Waals surface area contributed by atoms with Gasteiger partial charge < -0.3 is 10.6 Å². The zero-order valence-electron chi connectivity index (χ0n) is 13.2. The predicted molar refractivity (Wildman–Crippen MR) is 89.5 cm³/mol. The molecule has 0 heterocycles. The molecule has 0 saturated carbocycles. The molecule has 0 aliphatic rings. The number of nitrogens with zero attached hydrogens (tertiary/aromatic N) is 1. The third-order valence-corrected chi connectivity index (χ3v) is 3.31. The van der Waals surface area contributed by atoms with E-state index >= 15 is 0 Å². The molecule has 0 bridgehead atoms. The third kappa shape index (κ3) is 5.69. The molecular formula is C17H16FN3O4. The smallest absolute Gasteiger partial charge is 0.306 e. The zero-order valence-corrected chi connectivity index (χ0v) is 13.2. The molecule has 7 nitrogen and oxygen atoms in total. The second kappa shape index (κ2) is 8.53. The maximum Gasteiger partial charge on any atom is 0.306 e. The Labute approximate surface area is 143 Å². The molecule has 2 N–H and O–H groups in total. The number of carbonyl (C=O) groups is 2. The highest BCUT2D eigenvalue weighted by Gasteiger charge is 2.15. The Morgan fingerprint density at radius 2 is 1.80 bits per heavy atom.